The first-order valence-electron chi connectivity index (χ1n) is 5.84. The van der Waals surface area contributed by atoms with Gasteiger partial charge in [-0.25, -0.2) is 13.8 Å². The lowest BCUT2D eigenvalue weighted by atomic mass is 10.1. The maximum absolute atomic E-state index is 13.7. The van der Waals surface area contributed by atoms with Gasteiger partial charge in [0, 0.05) is 18.8 Å². The highest BCUT2D eigenvalue weighted by molar-refractivity contribution is 5.63. The van der Waals surface area contributed by atoms with Crippen molar-refractivity contribution < 1.29 is 8.78 Å². The number of benzene rings is 1. The van der Waals surface area contributed by atoms with Gasteiger partial charge in [-0.15, -0.1) is 0 Å². The van der Waals surface area contributed by atoms with E-state index in [1.54, 1.807) is 0 Å². The molecule has 7 heteroatoms. The van der Waals surface area contributed by atoms with Gasteiger partial charge >= 0.3 is 0 Å². The number of aromatic nitrogens is 1. The topological polar surface area (TPSA) is 84.5 Å². The average Bonchev–Trinajstić information content (AvgIpc) is 2.49. The first-order valence-corrected chi connectivity index (χ1v) is 5.84. The normalized spacial score (nSPS) is 9.57. The van der Waals surface area contributed by atoms with Crippen molar-refractivity contribution in [2.75, 3.05) is 17.7 Å². The molecule has 1 aromatic heterocycles. The van der Waals surface area contributed by atoms with Crippen LogP contribution < -0.4 is 10.6 Å². The first kappa shape index (κ1) is 14.2. The number of halogens is 2. The van der Waals surface area contributed by atoms with E-state index in [4.69, 9.17) is 10.5 Å². The van der Waals surface area contributed by atoms with Crippen molar-refractivity contribution in [2.24, 2.45) is 0 Å². The molecule has 1 heterocycles. The minimum absolute atomic E-state index is 0.104. The summed E-state index contributed by atoms with van der Waals surface area (Å²) in [5, 5.41) is 22.9. The molecule has 0 radical (unpaired) electrons. The number of nitriles is 2. The Kier molecular flexibility index (Phi) is 3.96. The molecular weight excluding hydrogens is 276 g/mol. The molecule has 1 aromatic carbocycles. The summed E-state index contributed by atoms with van der Waals surface area (Å²) in [6.45, 7) is 0. The van der Waals surface area contributed by atoms with Crippen LogP contribution in [0.15, 0.2) is 24.3 Å². The van der Waals surface area contributed by atoms with E-state index in [0.29, 0.717) is 11.8 Å². The van der Waals surface area contributed by atoms with Crippen LogP contribution in [0.1, 0.15) is 11.1 Å². The van der Waals surface area contributed by atoms with Crippen molar-refractivity contribution in [1.82, 2.24) is 4.98 Å². The summed E-state index contributed by atoms with van der Waals surface area (Å²) in [5.41, 5.74) is 0.732. The minimum Gasteiger partial charge on any atom is -0.371 e. The largest absolute Gasteiger partial charge is 0.371 e. The summed E-state index contributed by atoms with van der Waals surface area (Å²) in [5.74, 6) is -1.96. The second-order valence-corrected chi connectivity index (χ2v) is 4.01. The summed E-state index contributed by atoms with van der Waals surface area (Å²) in [4.78, 5) is 3.76. The van der Waals surface area contributed by atoms with Crippen LogP contribution in [-0.2, 0) is 0 Å². The average molecular weight is 285 g/mol. The van der Waals surface area contributed by atoms with Gasteiger partial charge in [-0.3, -0.25) is 0 Å². The van der Waals surface area contributed by atoms with E-state index in [1.807, 2.05) is 12.1 Å². The number of pyridine rings is 1. The Balaban J connectivity index is 2.39. The second kappa shape index (κ2) is 5.85. The third kappa shape index (κ3) is 2.88. The van der Waals surface area contributed by atoms with Gasteiger partial charge in [0.1, 0.15) is 12.1 Å². The highest BCUT2D eigenvalue weighted by Crippen LogP contribution is 2.23. The zero-order valence-corrected chi connectivity index (χ0v) is 10.9. The molecule has 0 atom stereocenters. The van der Waals surface area contributed by atoms with Crippen LogP contribution >= 0.6 is 0 Å². The fourth-order valence-electron chi connectivity index (χ4n) is 1.68. The monoisotopic (exact) mass is 285 g/mol. The highest BCUT2D eigenvalue weighted by atomic mass is 19.1. The van der Waals surface area contributed by atoms with Crippen LogP contribution in [0.3, 0.4) is 0 Å². The van der Waals surface area contributed by atoms with Gasteiger partial charge in [0.25, 0.3) is 0 Å². The zero-order chi connectivity index (χ0) is 15.4. The van der Waals surface area contributed by atoms with E-state index >= 15 is 0 Å². The molecule has 2 aromatic rings. The summed E-state index contributed by atoms with van der Waals surface area (Å²) < 4.78 is 27.0. The Labute approximate surface area is 119 Å². The number of nitrogens with one attached hydrogen (secondary N) is 2. The fourth-order valence-corrected chi connectivity index (χ4v) is 1.68. The third-order valence-corrected chi connectivity index (χ3v) is 2.69. The molecule has 0 amide bonds. The van der Waals surface area contributed by atoms with Crippen LogP contribution in [0.5, 0.6) is 0 Å². The Morgan fingerprint density at radius 1 is 1.00 bits per heavy atom. The predicted octanol–water partition coefficient (Wildman–Crippen LogP) is 2.89. The lowest BCUT2D eigenvalue weighted by Gasteiger charge is -2.10. The molecule has 0 aliphatic carbocycles. The van der Waals surface area contributed by atoms with E-state index in [0.717, 1.165) is 0 Å². The smallest absolute Gasteiger partial charge is 0.169 e. The lowest BCUT2D eigenvalue weighted by Crippen LogP contribution is -2.03. The predicted molar refractivity (Wildman–Crippen MR) is 72.9 cm³/mol. The molecule has 21 heavy (non-hydrogen) atoms. The van der Waals surface area contributed by atoms with Crippen LogP contribution in [0.4, 0.5) is 26.1 Å². The minimum atomic E-state index is -0.866. The molecule has 5 nitrogen and oxygen atoms in total. The molecular formula is C14H9F2N5. The van der Waals surface area contributed by atoms with E-state index in [1.165, 1.54) is 25.2 Å². The second-order valence-electron chi connectivity index (χ2n) is 4.01. The van der Waals surface area contributed by atoms with Gasteiger partial charge in [-0.05, 0) is 18.2 Å². The van der Waals surface area contributed by atoms with Crippen LogP contribution in [-0.4, -0.2) is 12.0 Å². The van der Waals surface area contributed by atoms with E-state index < -0.39 is 11.6 Å². The molecule has 0 saturated carbocycles. The lowest BCUT2D eigenvalue weighted by molar-refractivity contribution is 0.580. The van der Waals surface area contributed by atoms with Crippen LogP contribution in [0.2, 0.25) is 0 Å². The summed E-state index contributed by atoms with van der Waals surface area (Å²) in [6, 6.07) is 8.78. The summed E-state index contributed by atoms with van der Waals surface area (Å²) >= 11 is 0. The first-order chi connectivity index (χ1) is 10.1. The maximum Gasteiger partial charge on any atom is 0.169 e. The Morgan fingerprint density at radius 2 is 1.67 bits per heavy atom. The highest BCUT2D eigenvalue weighted by Gasteiger charge is 2.12. The molecule has 0 unspecified atom stereocenters. The fraction of sp³-hybridized carbons (Fsp3) is 0.0714. The Bertz CT molecular complexity index is 774. The molecule has 104 valence electrons. The summed E-state index contributed by atoms with van der Waals surface area (Å²) in [7, 11) is 1.46. The van der Waals surface area contributed by atoms with Crippen LogP contribution in [0, 0.1) is 34.3 Å². The summed E-state index contributed by atoms with van der Waals surface area (Å²) in [6.07, 6.45) is 0. The van der Waals surface area contributed by atoms with Gasteiger partial charge in [-0.1, -0.05) is 0 Å². The number of hydrogen-bond donors (Lipinski definition) is 2. The SMILES string of the molecule is CNc1nc(Nc2ccc(C#N)c(C#N)c2)c(F)cc1F. The molecule has 0 saturated heterocycles. The Hall–Kier alpha value is -3.19. The van der Waals surface area contributed by atoms with Crippen molar-refractivity contribution in [1.29, 1.82) is 10.5 Å². The van der Waals surface area contributed by atoms with Crippen LogP contribution in [0.25, 0.3) is 0 Å². The molecule has 0 spiro atoms. The quantitative estimate of drug-likeness (QED) is 0.905. The number of anilines is 3. The van der Waals surface area contributed by atoms with Crippen molar-refractivity contribution in [3.8, 4) is 12.1 Å². The van der Waals surface area contributed by atoms with E-state index in [2.05, 4.69) is 15.6 Å². The molecule has 0 bridgehead atoms. The van der Waals surface area contributed by atoms with Crippen molar-refractivity contribution >= 4 is 17.3 Å². The number of hydrogen-bond acceptors (Lipinski definition) is 5. The van der Waals surface area contributed by atoms with Crippen molar-refractivity contribution in [3.63, 3.8) is 0 Å². The van der Waals surface area contributed by atoms with Gasteiger partial charge in [-0.2, -0.15) is 10.5 Å². The van der Waals surface area contributed by atoms with Crippen molar-refractivity contribution in [2.45, 2.75) is 0 Å². The van der Waals surface area contributed by atoms with Gasteiger partial charge < -0.3 is 10.6 Å². The van der Waals surface area contributed by atoms with Gasteiger partial charge in [0.2, 0.25) is 0 Å². The van der Waals surface area contributed by atoms with Gasteiger partial charge in [0.15, 0.2) is 23.3 Å². The molecule has 0 aliphatic rings. The zero-order valence-electron chi connectivity index (χ0n) is 10.9. The standard InChI is InChI=1S/C14H9F2N5/c1-19-13-11(15)5-12(16)14(21-13)20-10-3-2-8(6-17)9(4-10)7-18/h2-5H,1H3,(H2,19,20,21). The van der Waals surface area contributed by atoms with E-state index in [-0.39, 0.29) is 22.8 Å². The Morgan fingerprint density at radius 3 is 2.29 bits per heavy atom. The van der Waals surface area contributed by atoms with E-state index in [9.17, 15) is 8.78 Å². The van der Waals surface area contributed by atoms with Crippen molar-refractivity contribution in [3.05, 3.63) is 47.0 Å². The maximum atomic E-state index is 13.7. The molecule has 2 N–H and O–H groups in total. The molecule has 0 fully saturated rings. The molecule has 0 aliphatic heterocycles. The van der Waals surface area contributed by atoms with Gasteiger partial charge in [0.05, 0.1) is 11.1 Å². The third-order valence-electron chi connectivity index (χ3n) is 2.69. The number of nitrogens with zero attached hydrogens (tertiary/aromatic N) is 3. The number of rotatable bonds is 3. The molecule has 2 rings (SSSR count).